The van der Waals surface area contributed by atoms with E-state index in [0.29, 0.717) is 6.61 Å². The zero-order valence-electron chi connectivity index (χ0n) is 11.7. The van der Waals surface area contributed by atoms with Crippen molar-refractivity contribution in [3.63, 3.8) is 0 Å². The summed E-state index contributed by atoms with van der Waals surface area (Å²) >= 11 is 0. The highest BCUT2D eigenvalue weighted by Gasteiger charge is 2.19. The minimum Gasteiger partial charge on any atom is -0.376 e. The van der Waals surface area contributed by atoms with Gasteiger partial charge in [0.1, 0.15) is 5.76 Å². The molecule has 0 spiro atoms. The van der Waals surface area contributed by atoms with E-state index in [1.165, 1.54) is 16.3 Å². The number of nitrogens with zero attached hydrogens (tertiary/aromatic N) is 2. The number of rotatable bonds is 3. The molecule has 106 valence electrons. The minimum atomic E-state index is 0.627. The summed E-state index contributed by atoms with van der Waals surface area (Å²) in [7, 11) is 0. The smallest absolute Gasteiger partial charge is 0.144 e. The van der Waals surface area contributed by atoms with Gasteiger partial charge in [0.2, 0.25) is 0 Å². The number of ether oxygens (including phenoxy) is 1. The highest BCUT2D eigenvalue weighted by Crippen LogP contribution is 2.23. The molecule has 1 aromatic carbocycles. The van der Waals surface area contributed by atoms with Crippen molar-refractivity contribution in [2.45, 2.75) is 25.9 Å². The molecule has 0 N–H and O–H groups in total. The van der Waals surface area contributed by atoms with Gasteiger partial charge in [-0.15, -0.1) is 0 Å². The van der Waals surface area contributed by atoms with E-state index in [0.717, 1.165) is 42.9 Å². The van der Waals surface area contributed by atoms with Gasteiger partial charge in [0.05, 0.1) is 18.9 Å². The summed E-state index contributed by atoms with van der Waals surface area (Å²) in [6.45, 7) is 1.36. The molecule has 1 aliphatic heterocycles. The van der Waals surface area contributed by atoms with Crippen molar-refractivity contribution in [1.82, 2.24) is 10.1 Å². The van der Waals surface area contributed by atoms with E-state index in [9.17, 15) is 0 Å². The summed E-state index contributed by atoms with van der Waals surface area (Å²) in [6.07, 6.45) is 6.46. The summed E-state index contributed by atoms with van der Waals surface area (Å²) in [5, 5.41) is 6.66. The van der Waals surface area contributed by atoms with Crippen LogP contribution in [0, 0.1) is 0 Å². The van der Waals surface area contributed by atoms with Gasteiger partial charge in [-0.2, -0.15) is 0 Å². The first-order chi connectivity index (χ1) is 10.4. The predicted octanol–water partition coefficient (Wildman–Crippen LogP) is 3.08. The molecule has 3 heterocycles. The fourth-order valence-electron chi connectivity index (χ4n) is 2.91. The standard InChI is InChI=1S/C17H16N2O2/c1-2-4-14-12(3-1)9-18-10-13(14)5-6-16-15-11-20-8-7-17(15)21-19-16/h1-4,9-10H,5-8,11H2. The van der Waals surface area contributed by atoms with E-state index in [2.05, 4.69) is 28.3 Å². The normalized spacial score (nSPS) is 14.3. The van der Waals surface area contributed by atoms with Crippen LogP contribution >= 0.6 is 0 Å². The van der Waals surface area contributed by atoms with Gasteiger partial charge in [0.25, 0.3) is 0 Å². The molecule has 21 heavy (non-hydrogen) atoms. The molecular weight excluding hydrogens is 264 g/mol. The molecule has 2 aromatic heterocycles. The van der Waals surface area contributed by atoms with Crippen LogP contribution in [0.2, 0.25) is 0 Å². The van der Waals surface area contributed by atoms with Crippen LogP contribution in [0.1, 0.15) is 22.6 Å². The van der Waals surface area contributed by atoms with Gasteiger partial charge in [-0.3, -0.25) is 4.98 Å². The topological polar surface area (TPSA) is 48.2 Å². The lowest BCUT2D eigenvalue weighted by Gasteiger charge is -2.10. The highest BCUT2D eigenvalue weighted by atomic mass is 16.5. The second-order valence-electron chi connectivity index (χ2n) is 5.35. The Morgan fingerprint density at radius 3 is 3.05 bits per heavy atom. The third kappa shape index (κ3) is 2.32. The Balaban J connectivity index is 1.60. The fourth-order valence-corrected chi connectivity index (χ4v) is 2.91. The number of aromatic nitrogens is 2. The van der Waals surface area contributed by atoms with E-state index < -0.39 is 0 Å². The average Bonchev–Trinajstić information content (AvgIpc) is 2.96. The van der Waals surface area contributed by atoms with Gasteiger partial charge < -0.3 is 9.26 Å². The maximum atomic E-state index is 5.50. The van der Waals surface area contributed by atoms with E-state index in [4.69, 9.17) is 9.26 Å². The Labute approximate surface area is 122 Å². The SMILES string of the molecule is c1ccc2c(CCc3noc4c3COCC4)cncc2c1. The largest absolute Gasteiger partial charge is 0.376 e. The van der Waals surface area contributed by atoms with Crippen LogP contribution < -0.4 is 0 Å². The van der Waals surface area contributed by atoms with Crippen molar-refractivity contribution in [2.75, 3.05) is 6.61 Å². The first-order valence-corrected chi connectivity index (χ1v) is 7.27. The molecule has 4 heteroatoms. The molecule has 0 atom stereocenters. The van der Waals surface area contributed by atoms with Gasteiger partial charge in [0, 0.05) is 29.8 Å². The maximum absolute atomic E-state index is 5.50. The molecule has 1 aliphatic rings. The van der Waals surface area contributed by atoms with Crippen LogP contribution in [0.15, 0.2) is 41.2 Å². The summed E-state index contributed by atoms with van der Waals surface area (Å²) in [5.41, 5.74) is 3.42. The van der Waals surface area contributed by atoms with Crippen molar-refractivity contribution in [2.24, 2.45) is 0 Å². The second-order valence-corrected chi connectivity index (χ2v) is 5.35. The number of pyridine rings is 1. The molecule has 0 saturated heterocycles. The number of aryl methyl sites for hydroxylation is 2. The lowest BCUT2D eigenvalue weighted by Crippen LogP contribution is -2.09. The van der Waals surface area contributed by atoms with E-state index in [1.54, 1.807) is 0 Å². The number of hydrogen-bond donors (Lipinski definition) is 0. The zero-order chi connectivity index (χ0) is 14.1. The Bertz CT molecular complexity index is 774. The Hall–Kier alpha value is -2.20. The molecule has 0 amide bonds. The minimum absolute atomic E-state index is 0.627. The van der Waals surface area contributed by atoms with Crippen molar-refractivity contribution < 1.29 is 9.26 Å². The Morgan fingerprint density at radius 1 is 1.10 bits per heavy atom. The molecule has 0 fully saturated rings. The molecule has 0 bridgehead atoms. The first-order valence-electron chi connectivity index (χ1n) is 7.27. The van der Waals surface area contributed by atoms with Crippen LogP contribution in [-0.2, 0) is 30.6 Å². The third-order valence-electron chi connectivity index (χ3n) is 4.05. The number of benzene rings is 1. The summed E-state index contributed by atoms with van der Waals surface area (Å²) in [4.78, 5) is 4.33. The van der Waals surface area contributed by atoms with Crippen LogP contribution in [-0.4, -0.2) is 16.7 Å². The van der Waals surface area contributed by atoms with E-state index in [-0.39, 0.29) is 0 Å². The predicted molar refractivity (Wildman–Crippen MR) is 79.0 cm³/mol. The van der Waals surface area contributed by atoms with Crippen LogP contribution in [0.3, 0.4) is 0 Å². The van der Waals surface area contributed by atoms with Crippen molar-refractivity contribution >= 4 is 10.8 Å². The molecule has 0 saturated carbocycles. The van der Waals surface area contributed by atoms with E-state index in [1.807, 2.05) is 18.5 Å². The number of hydrogen-bond acceptors (Lipinski definition) is 4. The molecule has 0 unspecified atom stereocenters. The molecular formula is C17H16N2O2. The molecule has 0 radical (unpaired) electrons. The van der Waals surface area contributed by atoms with Gasteiger partial charge in [0.15, 0.2) is 0 Å². The fraction of sp³-hybridized carbons (Fsp3) is 0.294. The van der Waals surface area contributed by atoms with Crippen molar-refractivity contribution in [1.29, 1.82) is 0 Å². The Kier molecular flexibility index (Phi) is 3.16. The second kappa shape index (κ2) is 5.30. The molecule has 3 aromatic rings. The average molecular weight is 280 g/mol. The monoisotopic (exact) mass is 280 g/mol. The maximum Gasteiger partial charge on any atom is 0.144 e. The van der Waals surface area contributed by atoms with Gasteiger partial charge in [-0.25, -0.2) is 0 Å². The number of fused-ring (bicyclic) bond motifs is 2. The Morgan fingerprint density at radius 2 is 2.05 bits per heavy atom. The summed E-state index contributed by atoms with van der Waals surface area (Å²) < 4.78 is 10.9. The summed E-state index contributed by atoms with van der Waals surface area (Å²) in [5.74, 6) is 0.993. The zero-order valence-corrected chi connectivity index (χ0v) is 11.7. The lowest BCUT2D eigenvalue weighted by molar-refractivity contribution is 0.102. The molecule has 4 nitrogen and oxygen atoms in total. The van der Waals surface area contributed by atoms with Crippen molar-refractivity contribution in [3.8, 4) is 0 Å². The lowest BCUT2D eigenvalue weighted by atomic mass is 10.0. The van der Waals surface area contributed by atoms with E-state index >= 15 is 0 Å². The third-order valence-corrected chi connectivity index (χ3v) is 4.05. The van der Waals surface area contributed by atoms with Gasteiger partial charge in [-0.1, -0.05) is 29.4 Å². The molecule has 4 rings (SSSR count). The van der Waals surface area contributed by atoms with Gasteiger partial charge >= 0.3 is 0 Å². The quantitative estimate of drug-likeness (QED) is 0.739. The van der Waals surface area contributed by atoms with Crippen LogP contribution in [0.25, 0.3) is 10.8 Å². The van der Waals surface area contributed by atoms with Crippen molar-refractivity contribution in [3.05, 3.63) is 59.2 Å². The first kappa shape index (κ1) is 12.5. The van der Waals surface area contributed by atoms with Crippen LogP contribution in [0.4, 0.5) is 0 Å². The summed E-state index contributed by atoms with van der Waals surface area (Å²) in [6, 6.07) is 8.35. The van der Waals surface area contributed by atoms with Crippen LogP contribution in [0.5, 0.6) is 0 Å². The van der Waals surface area contributed by atoms with Gasteiger partial charge in [-0.05, 0) is 23.8 Å². The highest BCUT2D eigenvalue weighted by molar-refractivity contribution is 5.84. The molecule has 0 aliphatic carbocycles.